The number of carbonyl (C=O) groups excluding carboxylic acids is 1. The lowest BCUT2D eigenvalue weighted by Gasteiger charge is -2.32. The molecule has 0 saturated heterocycles. The summed E-state index contributed by atoms with van der Waals surface area (Å²) in [4.78, 5) is 14.3. The number of likely N-dealkylation sites (N-methyl/N-ethyl adjacent to an activating group) is 1. The first-order chi connectivity index (χ1) is 9.06. The van der Waals surface area contributed by atoms with Gasteiger partial charge < -0.3 is 9.64 Å². The Morgan fingerprint density at radius 3 is 2.42 bits per heavy atom. The van der Waals surface area contributed by atoms with Gasteiger partial charge in [0.1, 0.15) is 5.54 Å². The summed E-state index contributed by atoms with van der Waals surface area (Å²) in [5, 5.41) is 3.37. The van der Waals surface area contributed by atoms with E-state index in [0.717, 1.165) is 18.7 Å². The number of hydrogen-bond acceptors (Lipinski definition) is 4. The lowest BCUT2D eigenvalue weighted by atomic mass is 9.87. The molecule has 0 aliphatic rings. The Kier molecular flexibility index (Phi) is 5.99. The van der Waals surface area contributed by atoms with E-state index in [9.17, 15) is 4.79 Å². The van der Waals surface area contributed by atoms with Gasteiger partial charge in [-0.3, -0.25) is 5.32 Å². The van der Waals surface area contributed by atoms with Crippen molar-refractivity contribution in [3.05, 3.63) is 35.9 Å². The Labute approximate surface area is 115 Å². The Bertz CT molecular complexity index is 392. The first-order valence-corrected chi connectivity index (χ1v) is 6.60. The molecule has 1 N–H and O–H groups in total. The zero-order valence-corrected chi connectivity index (χ0v) is 12.3. The van der Waals surface area contributed by atoms with Gasteiger partial charge in [0.2, 0.25) is 0 Å². The van der Waals surface area contributed by atoms with Crippen LogP contribution in [0.3, 0.4) is 0 Å². The topological polar surface area (TPSA) is 41.6 Å². The third-order valence-corrected chi connectivity index (χ3v) is 3.32. The second kappa shape index (κ2) is 7.26. The van der Waals surface area contributed by atoms with Crippen LogP contribution in [0.25, 0.3) is 0 Å². The lowest BCUT2D eigenvalue weighted by Crippen LogP contribution is -2.51. The van der Waals surface area contributed by atoms with Crippen molar-refractivity contribution < 1.29 is 9.53 Å². The monoisotopic (exact) mass is 264 g/mol. The van der Waals surface area contributed by atoms with Crippen LogP contribution in [0, 0.1) is 0 Å². The predicted octanol–water partition coefficient (Wildman–Crippen LogP) is 1.62. The molecule has 0 heterocycles. The van der Waals surface area contributed by atoms with Crippen molar-refractivity contribution >= 4 is 5.97 Å². The Balaban J connectivity index is 2.98. The summed E-state index contributed by atoms with van der Waals surface area (Å²) < 4.78 is 5.00. The molecule has 4 heteroatoms. The molecule has 0 bridgehead atoms. The normalized spacial score (nSPS) is 14.2. The predicted molar refractivity (Wildman–Crippen MR) is 77.0 cm³/mol. The summed E-state index contributed by atoms with van der Waals surface area (Å²) in [5.41, 5.74) is 0.189. The molecular formula is C15H24N2O2. The molecule has 1 atom stereocenters. The van der Waals surface area contributed by atoms with Crippen LogP contribution >= 0.6 is 0 Å². The Morgan fingerprint density at radius 2 is 1.95 bits per heavy atom. The van der Waals surface area contributed by atoms with Crippen LogP contribution in [0.15, 0.2) is 30.3 Å². The number of carbonyl (C=O) groups is 1. The summed E-state index contributed by atoms with van der Waals surface area (Å²) >= 11 is 0. The van der Waals surface area contributed by atoms with E-state index in [1.165, 1.54) is 7.11 Å². The molecule has 1 rings (SSSR count). The second-order valence-electron chi connectivity index (χ2n) is 4.85. The maximum absolute atomic E-state index is 12.2. The van der Waals surface area contributed by atoms with E-state index in [4.69, 9.17) is 4.74 Å². The number of benzene rings is 1. The number of rotatable bonds is 7. The van der Waals surface area contributed by atoms with Crippen LogP contribution in [-0.2, 0) is 15.1 Å². The highest BCUT2D eigenvalue weighted by atomic mass is 16.5. The molecule has 0 amide bonds. The number of methoxy groups -OCH3 is 1. The van der Waals surface area contributed by atoms with Crippen molar-refractivity contribution in [2.75, 3.05) is 34.3 Å². The van der Waals surface area contributed by atoms with E-state index in [2.05, 4.69) is 10.2 Å². The van der Waals surface area contributed by atoms with Gasteiger partial charge in [0.25, 0.3) is 0 Å². The van der Waals surface area contributed by atoms with E-state index in [1.807, 2.05) is 51.4 Å². The summed E-state index contributed by atoms with van der Waals surface area (Å²) in [6, 6.07) is 9.75. The van der Waals surface area contributed by atoms with Crippen LogP contribution in [0.1, 0.15) is 18.9 Å². The number of nitrogens with one attached hydrogen (secondary N) is 1. The lowest BCUT2D eigenvalue weighted by molar-refractivity contribution is -0.149. The summed E-state index contributed by atoms with van der Waals surface area (Å²) in [7, 11) is 5.45. The van der Waals surface area contributed by atoms with Crippen LogP contribution in [0.5, 0.6) is 0 Å². The van der Waals surface area contributed by atoms with Crippen molar-refractivity contribution in [2.45, 2.75) is 18.9 Å². The minimum Gasteiger partial charge on any atom is -0.467 e. The van der Waals surface area contributed by atoms with Crippen molar-refractivity contribution in [3.8, 4) is 0 Å². The first kappa shape index (κ1) is 15.7. The van der Waals surface area contributed by atoms with Gasteiger partial charge >= 0.3 is 5.97 Å². The molecule has 4 nitrogen and oxygen atoms in total. The largest absolute Gasteiger partial charge is 0.467 e. The average Bonchev–Trinajstić information content (AvgIpc) is 2.43. The minimum absolute atomic E-state index is 0.236. The van der Waals surface area contributed by atoms with Gasteiger partial charge in [0.05, 0.1) is 7.11 Å². The van der Waals surface area contributed by atoms with Gasteiger partial charge in [-0.05, 0) is 26.1 Å². The van der Waals surface area contributed by atoms with Crippen LogP contribution in [-0.4, -0.2) is 45.2 Å². The Hall–Kier alpha value is -1.39. The smallest absolute Gasteiger partial charge is 0.330 e. The quantitative estimate of drug-likeness (QED) is 0.760. The summed E-state index contributed by atoms with van der Waals surface area (Å²) in [6.07, 6.45) is 0.650. The fraction of sp³-hybridized carbons (Fsp3) is 0.533. The molecule has 19 heavy (non-hydrogen) atoms. The SMILES string of the molecule is CCC(NCCN(C)C)(C(=O)OC)c1ccccc1. The highest BCUT2D eigenvalue weighted by Crippen LogP contribution is 2.26. The van der Waals surface area contributed by atoms with Gasteiger partial charge in [-0.25, -0.2) is 4.79 Å². The highest BCUT2D eigenvalue weighted by Gasteiger charge is 2.39. The highest BCUT2D eigenvalue weighted by molar-refractivity contribution is 5.82. The maximum Gasteiger partial charge on any atom is 0.330 e. The van der Waals surface area contributed by atoms with Crippen molar-refractivity contribution in [3.63, 3.8) is 0 Å². The third-order valence-electron chi connectivity index (χ3n) is 3.32. The minimum atomic E-state index is -0.758. The van der Waals surface area contributed by atoms with Crippen LogP contribution < -0.4 is 5.32 Å². The molecule has 0 aromatic heterocycles. The van der Waals surface area contributed by atoms with E-state index in [-0.39, 0.29) is 5.97 Å². The third kappa shape index (κ3) is 3.78. The van der Waals surface area contributed by atoms with Crippen LogP contribution in [0.2, 0.25) is 0 Å². The molecule has 1 unspecified atom stereocenters. The number of ether oxygens (including phenoxy) is 1. The van der Waals surface area contributed by atoms with Crippen molar-refractivity contribution in [2.24, 2.45) is 0 Å². The van der Waals surface area contributed by atoms with Crippen LogP contribution in [0.4, 0.5) is 0 Å². The standard InChI is InChI=1S/C15H24N2O2/c1-5-15(14(18)19-4,16-11-12-17(2)3)13-9-7-6-8-10-13/h6-10,16H,5,11-12H2,1-4H3. The van der Waals surface area contributed by atoms with Gasteiger partial charge in [0, 0.05) is 13.1 Å². The zero-order chi connectivity index (χ0) is 14.3. The van der Waals surface area contributed by atoms with Crippen molar-refractivity contribution in [1.82, 2.24) is 10.2 Å². The van der Waals surface area contributed by atoms with Crippen molar-refractivity contribution in [1.29, 1.82) is 0 Å². The molecule has 1 aromatic carbocycles. The van der Waals surface area contributed by atoms with Gasteiger partial charge in [-0.15, -0.1) is 0 Å². The zero-order valence-electron chi connectivity index (χ0n) is 12.3. The maximum atomic E-state index is 12.2. The van der Waals surface area contributed by atoms with Gasteiger partial charge in [-0.2, -0.15) is 0 Å². The molecular weight excluding hydrogens is 240 g/mol. The number of nitrogens with zero attached hydrogens (tertiary/aromatic N) is 1. The molecule has 0 aliphatic heterocycles. The molecule has 0 radical (unpaired) electrons. The van der Waals surface area contributed by atoms with Gasteiger partial charge in [-0.1, -0.05) is 37.3 Å². The molecule has 0 aliphatic carbocycles. The molecule has 1 aromatic rings. The summed E-state index contributed by atoms with van der Waals surface area (Å²) in [6.45, 7) is 3.59. The van der Waals surface area contributed by atoms with E-state index in [1.54, 1.807) is 0 Å². The first-order valence-electron chi connectivity index (χ1n) is 6.60. The van der Waals surface area contributed by atoms with E-state index < -0.39 is 5.54 Å². The van der Waals surface area contributed by atoms with Gasteiger partial charge in [0.15, 0.2) is 0 Å². The van der Waals surface area contributed by atoms with E-state index in [0.29, 0.717) is 6.42 Å². The average molecular weight is 264 g/mol. The molecule has 106 valence electrons. The summed E-state index contributed by atoms with van der Waals surface area (Å²) in [5.74, 6) is -0.236. The molecule has 0 saturated carbocycles. The number of esters is 1. The molecule has 0 spiro atoms. The number of hydrogen-bond donors (Lipinski definition) is 1. The fourth-order valence-corrected chi connectivity index (χ4v) is 2.16. The van der Waals surface area contributed by atoms with E-state index >= 15 is 0 Å². The Morgan fingerprint density at radius 1 is 1.32 bits per heavy atom. The second-order valence-corrected chi connectivity index (χ2v) is 4.85. The molecule has 0 fully saturated rings. The fourth-order valence-electron chi connectivity index (χ4n) is 2.16.